The van der Waals surface area contributed by atoms with Gasteiger partial charge in [0.05, 0.1) is 11.5 Å². The van der Waals surface area contributed by atoms with E-state index in [0.717, 1.165) is 70.0 Å². The minimum atomic E-state index is -0.355. The molecule has 8 nitrogen and oxygen atoms in total. The zero-order valence-electron chi connectivity index (χ0n) is 26.1. The van der Waals surface area contributed by atoms with Crippen molar-refractivity contribution in [1.82, 2.24) is 20.6 Å². The van der Waals surface area contributed by atoms with Crippen LogP contribution in [0.1, 0.15) is 129 Å². The summed E-state index contributed by atoms with van der Waals surface area (Å²) < 4.78 is 11.9. The van der Waals surface area contributed by atoms with E-state index in [0.29, 0.717) is 11.5 Å². The molecule has 1 aromatic heterocycles. The molecule has 2 N–H and O–H groups in total. The lowest BCUT2D eigenvalue weighted by Gasteiger charge is -2.46. The number of ether oxygens (including phenoxy) is 2. The fraction of sp³-hybridized carbons (Fsp3) is 0.812. The highest BCUT2D eigenvalue weighted by Gasteiger charge is 2.41. The molecule has 2 aliphatic heterocycles. The molecule has 1 aliphatic carbocycles. The van der Waals surface area contributed by atoms with Gasteiger partial charge in [0.1, 0.15) is 18.0 Å². The number of aryl methyl sites for hydroxylation is 1. The third-order valence-corrected chi connectivity index (χ3v) is 8.76. The zero-order valence-corrected chi connectivity index (χ0v) is 26.1. The SMILES string of the molecule is CC1(C)CC(OC(=O)c2cnc(CCC3CCC(C(=O)OC4CC(C)(C)NC(C)(C)C4)CC3)nc2)CC(C)(C)N1. The van der Waals surface area contributed by atoms with Crippen LogP contribution in [0.25, 0.3) is 0 Å². The molecule has 224 valence electrons. The molecule has 0 radical (unpaired) electrons. The third-order valence-electron chi connectivity index (χ3n) is 8.76. The van der Waals surface area contributed by atoms with Gasteiger partial charge in [0.2, 0.25) is 0 Å². The summed E-state index contributed by atoms with van der Waals surface area (Å²) in [5.41, 5.74) is 0.151. The summed E-state index contributed by atoms with van der Waals surface area (Å²) in [6, 6.07) is 0. The minimum Gasteiger partial charge on any atom is -0.462 e. The van der Waals surface area contributed by atoms with Crippen molar-refractivity contribution >= 4 is 11.9 Å². The van der Waals surface area contributed by atoms with Crippen LogP contribution in [0.2, 0.25) is 0 Å². The van der Waals surface area contributed by atoms with Gasteiger partial charge in [0, 0.05) is 66.7 Å². The van der Waals surface area contributed by atoms with Gasteiger partial charge in [0.15, 0.2) is 0 Å². The first-order valence-electron chi connectivity index (χ1n) is 15.3. The highest BCUT2D eigenvalue weighted by Crippen LogP contribution is 2.35. The van der Waals surface area contributed by atoms with Crippen LogP contribution in [0.3, 0.4) is 0 Å². The lowest BCUT2D eigenvalue weighted by molar-refractivity contribution is -0.159. The predicted molar refractivity (Wildman–Crippen MR) is 156 cm³/mol. The number of aromatic nitrogens is 2. The maximum atomic E-state index is 12.9. The highest BCUT2D eigenvalue weighted by atomic mass is 16.5. The summed E-state index contributed by atoms with van der Waals surface area (Å²) in [5, 5.41) is 7.26. The largest absolute Gasteiger partial charge is 0.462 e. The van der Waals surface area contributed by atoms with Crippen molar-refractivity contribution in [3.8, 4) is 0 Å². The maximum absolute atomic E-state index is 12.9. The van der Waals surface area contributed by atoms with E-state index < -0.39 is 0 Å². The summed E-state index contributed by atoms with van der Waals surface area (Å²) in [5.74, 6) is 0.945. The first-order chi connectivity index (χ1) is 18.5. The zero-order chi connectivity index (χ0) is 29.3. The Morgan fingerprint density at radius 3 is 1.68 bits per heavy atom. The average molecular weight is 557 g/mol. The molecule has 0 bridgehead atoms. The van der Waals surface area contributed by atoms with Gasteiger partial charge in [-0.15, -0.1) is 0 Å². The predicted octanol–water partition coefficient (Wildman–Crippen LogP) is 5.53. The smallest absolute Gasteiger partial charge is 0.341 e. The number of hydrogen-bond donors (Lipinski definition) is 2. The van der Waals surface area contributed by atoms with Gasteiger partial charge >= 0.3 is 11.9 Å². The van der Waals surface area contributed by atoms with E-state index in [-0.39, 0.29) is 52.2 Å². The van der Waals surface area contributed by atoms with Gasteiger partial charge in [0.25, 0.3) is 0 Å². The number of piperidine rings is 2. The molecule has 1 aromatic rings. The van der Waals surface area contributed by atoms with E-state index in [4.69, 9.17) is 9.47 Å². The van der Waals surface area contributed by atoms with Crippen LogP contribution in [-0.2, 0) is 20.7 Å². The highest BCUT2D eigenvalue weighted by molar-refractivity contribution is 5.88. The Morgan fingerprint density at radius 2 is 1.20 bits per heavy atom. The molecule has 0 aromatic carbocycles. The minimum absolute atomic E-state index is 0.00926. The number of carbonyl (C=O) groups excluding carboxylic acids is 2. The van der Waals surface area contributed by atoms with E-state index in [2.05, 4.69) is 76.0 Å². The number of esters is 2. The molecule has 0 unspecified atom stereocenters. The summed E-state index contributed by atoms with van der Waals surface area (Å²) in [6.07, 6.45) is 11.9. The first kappa shape index (κ1) is 30.9. The van der Waals surface area contributed by atoms with Crippen LogP contribution in [-0.4, -0.2) is 56.3 Å². The quantitative estimate of drug-likeness (QED) is 0.423. The van der Waals surface area contributed by atoms with Crippen molar-refractivity contribution in [3.05, 3.63) is 23.8 Å². The first-order valence-corrected chi connectivity index (χ1v) is 15.3. The van der Waals surface area contributed by atoms with Crippen LogP contribution >= 0.6 is 0 Å². The van der Waals surface area contributed by atoms with Gasteiger partial charge in [-0.1, -0.05) is 0 Å². The summed E-state index contributed by atoms with van der Waals surface area (Å²) in [4.78, 5) is 34.6. The summed E-state index contributed by atoms with van der Waals surface area (Å²) in [6.45, 7) is 17.3. The molecule has 3 heterocycles. The second-order valence-electron chi connectivity index (χ2n) is 15.3. The molecule has 0 amide bonds. The van der Waals surface area contributed by atoms with Crippen LogP contribution in [0.15, 0.2) is 12.4 Å². The van der Waals surface area contributed by atoms with Gasteiger partial charge in [-0.05, 0) is 93.4 Å². The van der Waals surface area contributed by atoms with Gasteiger partial charge in [-0.3, -0.25) is 4.79 Å². The lowest BCUT2D eigenvalue weighted by atomic mass is 9.79. The van der Waals surface area contributed by atoms with Crippen LogP contribution in [0, 0.1) is 11.8 Å². The standard InChI is InChI=1S/C32H52N4O4/c1-29(2)15-24(16-30(3,4)35-29)39-27(37)22-12-9-21(10-13-22)11-14-26-33-19-23(20-34-26)28(38)40-25-17-31(5,6)36-32(7,8)18-25/h19-22,24-25,35-36H,9-18H2,1-8H3. The molecular formula is C32H52N4O4. The van der Waals surface area contributed by atoms with Crippen molar-refractivity contribution < 1.29 is 19.1 Å². The van der Waals surface area contributed by atoms with Gasteiger partial charge in [-0.2, -0.15) is 0 Å². The molecule has 0 spiro atoms. The van der Waals surface area contributed by atoms with Gasteiger partial charge in [-0.25, -0.2) is 14.8 Å². The number of hydrogen-bond acceptors (Lipinski definition) is 8. The molecule has 4 rings (SSSR count). The van der Waals surface area contributed by atoms with Crippen LogP contribution in [0.5, 0.6) is 0 Å². The van der Waals surface area contributed by atoms with Crippen molar-refractivity contribution in [2.24, 2.45) is 11.8 Å². The van der Waals surface area contributed by atoms with E-state index in [9.17, 15) is 9.59 Å². The van der Waals surface area contributed by atoms with E-state index in [1.54, 1.807) is 12.4 Å². The number of nitrogens with one attached hydrogen (secondary N) is 2. The van der Waals surface area contributed by atoms with Crippen molar-refractivity contribution in [1.29, 1.82) is 0 Å². The Bertz CT molecular complexity index is 1010. The lowest BCUT2D eigenvalue weighted by Crippen LogP contribution is -2.59. The normalized spacial score (nSPS) is 28.0. The second-order valence-corrected chi connectivity index (χ2v) is 15.3. The Kier molecular flexibility index (Phi) is 9.01. The van der Waals surface area contributed by atoms with E-state index >= 15 is 0 Å². The fourth-order valence-electron chi connectivity index (χ4n) is 7.71. The average Bonchev–Trinajstić information content (AvgIpc) is 2.79. The van der Waals surface area contributed by atoms with Crippen molar-refractivity contribution in [2.75, 3.05) is 0 Å². The molecule has 40 heavy (non-hydrogen) atoms. The Balaban J connectivity index is 1.19. The van der Waals surface area contributed by atoms with Crippen molar-refractivity contribution in [2.45, 2.75) is 154 Å². The summed E-state index contributed by atoms with van der Waals surface area (Å²) in [7, 11) is 0. The molecule has 3 fully saturated rings. The number of nitrogens with zero attached hydrogens (tertiary/aromatic N) is 2. The maximum Gasteiger partial charge on any atom is 0.341 e. The molecule has 3 aliphatic rings. The molecular weight excluding hydrogens is 504 g/mol. The number of carbonyl (C=O) groups is 2. The molecule has 2 saturated heterocycles. The van der Waals surface area contributed by atoms with E-state index in [1.165, 1.54) is 0 Å². The Morgan fingerprint density at radius 1 is 0.750 bits per heavy atom. The van der Waals surface area contributed by atoms with Crippen molar-refractivity contribution in [3.63, 3.8) is 0 Å². The van der Waals surface area contributed by atoms with Crippen LogP contribution in [0.4, 0.5) is 0 Å². The Hall–Kier alpha value is -2.06. The fourth-order valence-corrected chi connectivity index (χ4v) is 7.71. The topological polar surface area (TPSA) is 102 Å². The monoisotopic (exact) mass is 556 g/mol. The number of rotatable bonds is 7. The summed E-state index contributed by atoms with van der Waals surface area (Å²) >= 11 is 0. The second kappa shape index (κ2) is 11.7. The Labute approximate surface area is 241 Å². The molecule has 1 saturated carbocycles. The molecule has 0 atom stereocenters. The molecule has 8 heteroatoms. The third kappa shape index (κ3) is 8.72. The van der Waals surface area contributed by atoms with Crippen LogP contribution < -0.4 is 10.6 Å². The van der Waals surface area contributed by atoms with Gasteiger partial charge < -0.3 is 20.1 Å². The van der Waals surface area contributed by atoms with E-state index in [1.807, 2.05) is 0 Å².